The van der Waals surface area contributed by atoms with Crippen molar-refractivity contribution in [1.82, 2.24) is 10.2 Å². The van der Waals surface area contributed by atoms with Gasteiger partial charge in [-0.1, -0.05) is 0 Å². The normalized spacial score (nSPS) is 28.3. The summed E-state index contributed by atoms with van der Waals surface area (Å²) in [6, 6.07) is 0. The monoisotopic (exact) mass is 463 g/mol. The van der Waals surface area contributed by atoms with Crippen molar-refractivity contribution in [2.75, 3.05) is 25.5 Å². The Labute approximate surface area is 194 Å². The molecule has 0 saturated heterocycles. The number of carbonyl (C=O) groups is 2. The van der Waals surface area contributed by atoms with E-state index >= 15 is 0 Å². The molecule has 5 rings (SSSR count). The number of anilines is 1. The Kier molecular flexibility index (Phi) is 6.32. The number of ether oxygens (including phenoxy) is 1. The highest BCUT2D eigenvalue weighted by Crippen LogP contribution is 2.55. The fourth-order valence-electron chi connectivity index (χ4n) is 6.45. The molecule has 2 N–H and O–H groups in total. The molecule has 4 bridgehead atoms. The lowest BCUT2D eigenvalue weighted by Crippen LogP contribution is -2.60. The van der Waals surface area contributed by atoms with Crippen molar-refractivity contribution in [3.63, 3.8) is 0 Å². The van der Waals surface area contributed by atoms with Gasteiger partial charge < -0.3 is 20.3 Å². The van der Waals surface area contributed by atoms with Crippen LogP contribution in [0.15, 0.2) is 0 Å². The number of esters is 1. The van der Waals surface area contributed by atoms with E-state index in [0.717, 1.165) is 17.8 Å². The number of thiocarbonyl (C=S) groups is 1. The SMILES string of the molecule is CCN(CC)C(=O)c1sc(NC(=S)NC23CC4CC(CC(C4)C2)C3)c(C(=O)OC)c1C. The zero-order valence-corrected chi connectivity index (χ0v) is 20.5. The molecule has 1 amide bonds. The molecule has 4 aliphatic carbocycles. The Hall–Kier alpha value is -1.67. The molecule has 0 aliphatic heterocycles. The first-order valence-electron chi connectivity index (χ1n) is 11.4. The number of hydrogen-bond acceptors (Lipinski definition) is 5. The minimum atomic E-state index is -0.451. The van der Waals surface area contributed by atoms with Gasteiger partial charge in [-0.2, -0.15) is 0 Å². The molecule has 0 aromatic carbocycles. The van der Waals surface area contributed by atoms with Crippen LogP contribution in [0, 0.1) is 24.7 Å². The first kappa shape index (κ1) is 22.5. The van der Waals surface area contributed by atoms with Crippen LogP contribution in [0.1, 0.15) is 78.0 Å². The third-order valence-corrected chi connectivity index (χ3v) is 8.82. The minimum absolute atomic E-state index is 0.0642. The van der Waals surface area contributed by atoms with E-state index in [1.807, 2.05) is 13.8 Å². The second-order valence-electron chi connectivity index (χ2n) is 9.51. The van der Waals surface area contributed by atoms with Crippen LogP contribution in [0.3, 0.4) is 0 Å². The van der Waals surface area contributed by atoms with Gasteiger partial charge >= 0.3 is 5.97 Å². The number of methoxy groups -OCH3 is 1. The number of carbonyl (C=O) groups excluding carboxylic acids is 2. The molecule has 0 spiro atoms. The molecule has 4 saturated carbocycles. The fraction of sp³-hybridized carbons (Fsp3) is 0.696. The predicted molar refractivity (Wildman–Crippen MR) is 128 cm³/mol. The molecule has 4 aliphatic rings. The van der Waals surface area contributed by atoms with Crippen molar-refractivity contribution >= 4 is 45.5 Å². The van der Waals surface area contributed by atoms with Crippen LogP contribution < -0.4 is 10.6 Å². The first-order valence-corrected chi connectivity index (χ1v) is 12.6. The van der Waals surface area contributed by atoms with E-state index in [1.165, 1.54) is 57.0 Å². The van der Waals surface area contributed by atoms with E-state index in [0.29, 0.717) is 39.2 Å². The van der Waals surface area contributed by atoms with Crippen LogP contribution in [-0.2, 0) is 4.74 Å². The molecule has 8 heteroatoms. The molecule has 6 nitrogen and oxygen atoms in total. The molecule has 0 unspecified atom stereocenters. The van der Waals surface area contributed by atoms with E-state index in [9.17, 15) is 9.59 Å². The number of thiophene rings is 1. The van der Waals surface area contributed by atoms with E-state index < -0.39 is 5.97 Å². The zero-order valence-electron chi connectivity index (χ0n) is 18.9. The summed E-state index contributed by atoms with van der Waals surface area (Å²) in [5, 5.41) is 8.02. The Morgan fingerprint density at radius 3 is 2.16 bits per heavy atom. The zero-order chi connectivity index (χ0) is 22.3. The fourth-order valence-corrected chi connectivity index (χ4v) is 8.00. The summed E-state index contributed by atoms with van der Waals surface area (Å²) in [6.45, 7) is 6.95. The van der Waals surface area contributed by atoms with Crippen LogP contribution in [0.25, 0.3) is 0 Å². The molecule has 0 atom stereocenters. The quantitative estimate of drug-likeness (QED) is 0.475. The number of nitrogens with one attached hydrogen (secondary N) is 2. The lowest BCUT2D eigenvalue weighted by Gasteiger charge is -2.57. The highest BCUT2D eigenvalue weighted by Gasteiger charge is 2.51. The summed E-state index contributed by atoms with van der Waals surface area (Å²) in [5.74, 6) is 1.93. The molecule has 1 aromatic rings. The first-order chi connectivity index (χ1) is 14.8. The second kappa shape index (κ2) is 8.70. The lowest BCUT2D eigenvalue weighted by atomic mass is 9.53. The summed E-state index contributed by atoms with van der Waals surface area (Å²) in [6.07, 6.45) is 7.65. The van der Waals surface area contributed by atoms with Gasteiger partial charge in [0, 0.05) is 18.6 Å². The summed E-state index contributed by atoms with van der Waals surface area (Å²) in [4.78, 5) is 27.9. The summed E-state index contributed by atoms with van der Waals surface area (Å²) < 4.78 is 5.02. The highest BCUT2D eigenvalue weighted by atomic mass is 32.1. The summed E-state index contributed by atoms with van der Waals surface area (Å²) in [5.41, 5.74) is 1.13. The Morgan fingerprint density at radius 2 is 1.68 bits per heavy atom. The molecule has 0 radical (unpaired) electrons. The third-order valence-electron chi connectivity index (χ3n) is 7.43. The molecule has 4 fully saturated rings. The lowest BCUT2D eigenvalue weighted by molar-refractivity contribution is -0.00972. The van der Waals surface area contributed by atoms with Gasteiger partial charge in [0.2, 0.25) is 0 Å². The van der Waals surface area contributed by atoms with Crippen molar-refractivity contribution in [2.24, 2.45) is 17.8 Å². The van der Waals surface area contributed by atoms with Gasteiger partial charge in [-0.25, -0.2) is 4.79 Å². The van der Waals surface area contributed by atoms with Gasteiger partial charge in [-0.05, 0) is 94.8 Å². The van der Waals surface area contributed by atoms with Gasteiger partial charge in [-0.3, -0.25) is 4.79 Å². The van der Waals surface area contributed by atoms with E-state index in [4.69, 9.17) is 17.0 Å². The molecule has 170 valence electrons. The van der Waals surface area contributed by atoms with E-state index in [2.05, 4.69) is 10.6 Å². The van der Waals surface area contributed by atoms with Crippen molar-refractivity contribution in [2.45, 2.75) is 64.8 Å². The van der Waals surface area contributed by atoms with Crippen molar-refractivity contribution in [3.05, 3.63) is 16.0 Å². The molecular weight excluding hydrogens is 430 g/mol. The maximum Gasteiger partial charge on any atom is 0.341 e. The van der Waals surface area contributed by atoms with E-state index in [-0.39, 0.29) is 11.4 Å². The molecular formula is C23H33N3O3S2. The summed E-state index contributed by atoms with van der Waals surface area (Å²) >= 11 is 6.99. The maximum atomic E-state index is 13.0. The summed E-state index contributed by atoms with van der Waals surface area (Å²) in [7, 11) is 1.36. The average molecular weight is 464 g/mol. The van der Waals surface area contributed by atoms with Crippen molar-refractivity contribution in [3.8, 4) is 0 Å². The second-order valence-corrected chi connectivity index (χ2v) is 10.9. The average Bonchev–Trinajstić information content (AvgIpc) is 3.02. The van der Waals surface area contributed by atoms with Crippen molar-refractivity contribution < 1.29 is 14.3 Å². The number of rotatable bonds is 6. The van der Waals surface area contributed by atoms with Gasteiger partial charge in [0.05, 0.1) is 17.6 Å². The number of hydrogen-bond donors (Lipinski definition) is 2. The van der Waals surface area contributed by atoms with Gasteiger partial charge in [0.15, 0.2) is 5.11 Å². The van der Waals surface area contributed by atoms with Crippen LogP contribution >= 0.6 is 23.6 Å². The standard InChI is InChI=1S/C23H33N3O3S2/c1-5-26(6-2)20(27)18-13(3)17(21(28)29-4)19(31-18)24-22(30)25-23-10-14-7-15(11-23)9-16(8-14)12-23/h14-16H,5-12H2,1-4H3,(H2,24,25,30). The predicted octanol–water partition coefficient (Wildman–Crippen LogP) is 4.58. The highest BCUT2D eigenvalue weighted by molar-refractivity contribution is 7.80. The van der Waals surface area contributed by atoms with Crippen LogP contribution in [-0.4, -0.2) is 47.6 Å². The van der Waals surface area contributed by atoms with Gasteiger partial charge in [-0.15, -0.1) is 11.3 Å². The molecule has 1 aromatic heterocycles. The van der Waals surface area contributed by atoms with Crippen molar-refractivity contribution in [1.29, 1.82) is 0 Å². The minimum Gasteiger partial charge on any atom is -0.465 e. The van der Waals surface area contributed by atoms with E-state index in [1.54, 1.807) is 11.8 Å². The maximum absolute atomic E-state index is 13.0. The van der Waals surface area contributed by atoms with Crippen LogP contribution in [0.5, 0.6) is 0 Å². The third kappa shape index (κ3) is 4.21. The van der Waals surface area contributed by atoms with Crippen LogP contribution in [0.2, 0.25) is 0 Å². The van der Waals surface area contributed by atoms with Gasteiger partial charge in [0.25, 0.3) is 5.91 Å². The largest absolute Gasteiger partial charge is 0.465 e. The number of nitrogens with zero attached hydrogens (tertiary/aromatic N) is 1. The van der Waals surface area contributed by atoms with Gasteiger partial charge in [0.1, 0.15) is 5.00 Å². The molecule has 1 heterocycles. The number of amides is 1. The topological polar surface area (TPSA) is 70.7 Å². The molecule has 31 heavy (non-hydrogen) atoms. The smallest absolute Gasteiger partial charge is 0.341 e. The van der Waals surface area contributed by atoms with Crippen LogP contribution in [0.4, 0.5) is 5.00 Å². The Balaban J connectivity index is 1.56. The Bertz CT molecular complexity index is 856. The Morgan fingerprint density at radius 1 is 1.13 bits per heavy atom.